The van der Waals surface area contributed by atoms with Crippen molar-refractivity contribution in [2.75, 3.05) is 11.9 Å². The van der Waals surface area contributed by atoms with E-state index in [4.69, 9.17) is 9.88 Å². The van der Waals surface area contributed by atoms with Crippen molar-refractivity contribution in [3.05, 3.63) is 35.6 Å². The molecule has 1 unspecified atom stereocenters. The van der Waals surface area contributed by atoms with Crippen LogP contribution in [0.2, 0.25) is 0 Å². The molecule has 0 fully saturated rings. The molecule has 1 atom stereocenters. The van der Waals surface area contributed by atoms with Gasteiger partial charge in [0.25, 0.3) is 0 Å². The average Bonchev–Trinajstić information content (AvgIpc) is 2.40. The molecule has 0 spiro atoms. The first-order chi connectivity index (χ1) is 9.38. The lowest BCUT2D eigenvalue weighted by Gasteiger charge is -2.21. The molecule has 1 aliphatic rings. The van der Waals surface area contributed by atoms with E-state index in [1.54, 1.807) is 18.4 Å². The third kappa shape index (κ3) is 3.52. The monoisotopic (exact) mass is 296 g/mol. The Hall–Kier alpha value is -1.53. The highest BCUT2D eigenvalue weighted by atomic mass is 32.2. The van der Waals surface area contributed by atoms with Gasteiger partial charge in [-0.05, 0) is 56.0 Å². The number of benzene rings is 1. The standard InChI is InChI=1S/C14H20N2O3S/c1-10-7-13(20(15,17)18)8-14(11(10)2)16-9-12-5-3-4-6-19-12/h4,6-8,12,16H,3,5,9H2,1-2H3,(H2,15,17,18). The van der Waals surface area contributed by atoms with E-state index in [9.17, 15) is 8.42 Å². The lowest BCUT2D eigenvalue weighted by atomic mass is 10.1. The van der Waals surface area contributed by atoms with Crippen LogP contribution in [-0.4, -0.2) is 21.1 Å². The molecule has 110 valence electrons. The Morgan fingerprint density at radius 2 is 2.15 bits per heavy atom. The first-order valence-electron chi connectivity index (χ1n) is 6.56. The lowest BCUT2D eigenvalue weighted by molar-refractivity contribution is 0.135. The maximum atomic E-state index is 11.5. The van der Waals surface area contributed by atoms with Crippen molar-refractivity contribution in [2.45, 2.75) is 37.7 Å². The fourth-order valence-corrected chi connectivity index (χ4v) is 2.76. The number of hydrogen-bond donors (Lipinski definition) is 2. The minimum Gasteiger partial charge on any atom is -0.497 e. The van der Waals surface area contributed by atoms with Gasteiger partial charge in [0.05, 0.1) is 17.7 Å². The van der Waals surface area contributed by atoms with Crippen molar-refractivity contribution < 1.29 is 13.2 Å². The van der Waals surface area contributed by atoms with Gasteiger partial charge in [-0.15, -0.1) is 0 Å². The molecule has 0 aliphatic carbocycles. The van der Waals surface area contributed by atoms with Crippen LogP contribution in [0.15, 0.2) is 29.4 Å². The Morgan fingerprint density at radius 1 is 1.40 bits per heavy atom. The second kappa shape index (κ2) is 5.85. The molecule has 5 nitrogen and oxygen atoms in total. The summed E-state index contributed by atoms with van der Waals surface area (Å²) in [7, 11) is -3.69. The smallest absolute Gasteiger partial charge is 0.238 e. The Bertz CT molecular complexity index is 624. The fourth-order valence-electron chi connectivity index (χ4n) is 2.13. The van der Waals surface area contributed by atoms with Gasteiger partial charge in [-0.25, -0.2) is 13.6 Å². The highest BCUT2D eigenvalue weighted by Crippen LogP contribution is 2.24. The van der Waals surface area contributed by atoms with Crippen molar-refractivity contribution in [1.29, 1.82) is 0 Å². The lowest BCUT2D eigenvalue weighted by Crippen LogP contribution is -2.23. The second-order valence-corrected chi connectivity index (χ2v) is 6.61. The Balaban J connectivity index is 2.18. The zero-order valence-corrected chi connectivity index (χ0v) is 12.5. The molecule has 3 N–H and O–H groups in total. The van der Waals surface area contributed by atoms with Crippen molar-refractivity contribution in [1.82, 2.24) is 0 Å². The normalized spacial score (nSPS) is 18.6. The summed E-state index contributed by atoms with van der Waals surface area (Å²) in [5.74, 6) is 0. The highest BCUT2D eigenvalue weighted by Gasteiger charge is 2.15. The van der Waals surface area contributed by atoms with Crippen LogP contribution in [0.3, 0.4) is 0 Å². The number of nitrogens with two attached hydrogens (primary N) is 1. The van der Waals surface area contributed by atoms with Gasteiger partial charge >= 0.3 is 0 Å². The third-order valence-corrected chi connectivity index (χ3v) is 4.40. The number of sulfonamides is 1. The second-order valence-electron chi connectivity index (χ2n) is 5.05. The molecule has 2 rings (SSSR count). The van der Waals surface area contributed by atoms with Crippen LogP contribution in [0.4, 0.5) is 5.69 Å². The van der Waals surface area contributed by atoms with Gasteiger partial charge in [0.2, 0.25) is 10.0 Å². The summed E-state index contributed by atoms with van der Waals surface area (Å²) in [6, 6.07) is 3.17. The molecule has 0 amide bonds. The summed E-state index contributed by atoms with van der Waals surface area (Å²) in [6.45, 7) is 4.46. The molecule has 1 aromatic carbocycles. The molecule has 0 bridgehead atoms. The number of allylic oxidation sites excluding steroid dienone is 1. The largest absolute Gasteiger partial charge is 0.497 e. The van der Waals surface area contributed by atoms with E-state index in [1.807, 2.05) is 19.9 Å². The third-order valence-electron chi connectivity index (χ3n) is 3.51. The predicted molar refractivity (Wildman–Crippen MR) is 79.0 cm³/mol. The van der Waals surface area contributed by atoms with Crippen LogP contribution in [0, 0.1) is 13.8 Å². The summed E-state index contributed by atoms with van der Waals surface area (Å²) in [5, 5.41) is 8.45. The van der Waals surface area contributed by atoms with Crippen molar-refractivity contribution in [3.8, 4) is 0 Å². The van der Waals surface area contributed by atoms with E-state index in [0.29, 0.717) is 6.54 Å². The van der Waals surface area contributed by atoms with E-state index in [1.165, 1.54) is 0 Å². The number of hydrogen-bond acceptors (Lipinski definition) is 4. The molecule has 1 aromatic rings. The van der Waals surface area contributed by atoms with Crippen molar-refractivity contribution in [2.24, 2.45) is 5.14 Å². The van der Waals surface area contributed by atoms with Gasteiger partial charge in [-0.1, -0.05) is 0 Å². The van der Waals surface area contributed by atoms with Crippen LogP contribution in [-0.2, 0) is 14.8 Å². The van der Waals surface area contributed by atoms with E-state index in [-0.39, 0.29) is 11.0 Å². The minimum absolute atomic E-state index is 0.109. The van der Waals surface area contributed by atoms with E-state index >= 15 is 0 Å². The van der Waals surface area contributed by atoms with Gasteiger partial charge in [-0.2, -0.15) is 0 Å². The first-order valence-corrected chi connectivity index (χ1v) is 8.11. The zero-order chi connectivity index (χ0) is 14.8. The number of rotatable bonds is 4. The van der Waals surface area contributed by atoms with Crippen LogP contribution in [0.5, 0.6) is 0 Å². The van der Waals surface area contributed by atoms with Crippen LogP contribution in [0.1, 0.15) is 24.0 Å². The zero-order valence-electron chi connectivity index (χ0n) is 11.7. The van der Waals surface area contributed by atoms with Crippen molar-refractivity contribution in [3.63, 3.8) is 0 Å². The Labute approximate surface area is 119 Å². The molecule has 6 heteroatoms. The van der Waals surface area contributed by atoms with Crippen LogP contribution < -0.4 is 10.5 Å². The maximum absolute atomic E-state index is 11.5. The summed E-state index contributed by atoms with van der Waals surface area (Å²) in [5.41, 5.74) is 2.69. The quantitative estimate of drug-likeness (QED) is 0.891. The fraction of sp³-hybridized carbons (Fsp3) is 0.429. The first kappa shape index (κ1) is 14.9. The molecule has 0 radical (unpaired) electrons. The maximum Gasteiger partial charge on any atom is 0.238 e. The molecule has 1 heterocycles. The molecule has 0 saturated carbocycles. The van der Waals surface area contributed by atoms with E-state index in [0.717, 1.165) is 29.7 Å². The molecule has 1 aliphatic heterocycles. The molecular formula is C14H20N2O3S. The molecule has 0 aromatic heterocycles. The minimum atomic E-state index is -3.69. The highest BCUT2D eigenvalue weighted by molar-refractivity contribution is 7.89. The molecular weight excluding hydrogens is 276 g/mol. The number of primary sulfonamides is 1. The topological polar surface area (TPSA) is 81.4 Å². The van der Waals surface area contributed by atoms with Gasteiger partial charge < -0.3 is 10.1 Å². The van der Waals surface area contributed by atoms with E-state index < -0.39 is 10.0 Å². The number of aryl methyl sites for hydroxylation is 1. The SMILES string of the molecule is Cc1cc(S(N)(=O)=O)cc(NCC2CCC=CO2)c1C. The number of nitrogens with one attached hydrogen (secondary N) is 1. The van der Waals surface area contributed by atoms with Crippen LogP contribution in [0.25, 0.3) is 0 Å². The van der Waals surface area contributed by atoms with Crippen LogP contribution >= 0.6 is 0 Å². The van der Waals surface area contributed by atoms with Gasteiger partial charge in [0, 0.05) is 5.69 Å². The van der Waals surface area contributed by atoms with E-state index in [2.05, 4.69) is 5.32 Å². The van der Waals surface area contributed by atoms with Crippen molar-refractivity contribution >= 4 is 15.7 Å². The van der Waals surface area contributed by atoms with Gasteiger partial charge in [-0.3, -0.25) is 0 Å². The Kier molecular flexibility index (Phi) is 4.35. The summed E-state index contributed by atoms with van der Waals surface area (Å²) in [6.07, 6.45) is 5.78. The summed E-state index contributed by atoms with van der Waals surface area (Å²) < 4.78 is 28.4. The predicted octanol–water partition coefficient (Wildman–Crippen LogP) is 2.06. The number of ether oxygens (including phenoxy) is 1. The molecule has 20 heavy (non-hydrogen) atoms. The van der Waals surface area contributed by atoms with Gasteiger partial charge in [0.15, 0.2) is 0 Å². The number of anilines is 1. The Morgan fingerprint density at radius 3 is 2.75 bits per heavy atom. The summed E-state index contributed by atoms with van der Waals surface area (Å²) >= 11 is 0. The summed E-state index contributed by atoms with van der Waals surface area (Å²) in [4.78, 5) is 0.132. The average molecular weight is 296 g/mol. The molecule has 0 saturated heterocycles. The van der Waals surface area contributed by atoms with Gasteiger partial charge in [0.1, 0.15) is 6.10 Å².